The number of ether oxygens (including phenoxy) is 2. The van der Waals surface area contributed by atoms with E-state index in [1.165, 1.54) is 31.2 Å². The van der Waals surface area contributed by atoms with Crippen molar-refractivity contribution in [2.75, 3.05) is 46.5 Å². The Labute approximate surface area is 179 Å². The molecule has 0 aromatic heterocycles. The molecule has 3 fully saturated rings. The average molecular weight is 485 g/mol. The summed E-state index contributed by atoms with van der Waals surface area (Å²) in [5.41, 5.74) is 1.82. The molecule has 0 amide bonds. The van der Waals surface area contributed by atoms with Crippen LogP contribution < -0.4 is 10.1 Å². The van der Waals surface area contributed by atoms with Crippen LogP contribution in [0.5, 0.6) is 5.75 Å². The van der Waals surface area contributed by atoms with Crippen LogP contribution in [-0.4, -0.2) is 57.4 Å². The maximum absolute atomic E-state index is 5.68. The standard InChI is InChI=1S/C21H31N3O2.HI/c1-3-22-19(24-12-10-20(15-24)11-13-26-16-20)23-14-21(8-9-21)17-6-4-5-7-18(17)25-2;/h4-7H,3,8-16H2,1-2H3,(H,22,23);1H. The first-order valence-electron chi connectivity index (χ1n) is 9.95. The third-order valence-corrected chi connectivity index (χ3v) is 6.32. The van der Waals surface area contributed by atoms with Crippen molar-refractivity contribution < 1.29 is 9.47 Å². The quantitative estimate of drug-likeness (QED) is 0.395. The first kappa shape index (κ1) is 20.7. The fourth-order valence-electron chi connectivity index (χ4n) is 4.49. The lowest BCUT2D eigenvalue weighted by atomic mass is 9.87. The summed E-state index contributed by atoms with van der Waals surface area (Å²) >= 11 is 0. The molecular formula is C21H32IN3O2. The van der Waals surface area contributed by atoms with Crippen LogP contribution in [0.2, 0.25) is 0 Å². The molecule has 2 aliphatic heterocycles. The van der Waals surface area contributed by atoms with Gasteiger partial charge in [0.1, 0.15) is 5.75 Å². The number of halogens is 1. The molecule has 150 valence electrons. The van der Waals surface area contributed by atoms with Gasteiger partial charge in [-0.2, -0.15) is 0 Å². The predicted octanol–water partition coefficient (Wildman–Crippen LogP) is 3.42. The Balaban J connectivity index is 0.00000210. The number of nitrogens with zero attached hydrogens (tertiary/aromatic N) is 2. The first-order chi connectivity index (χ1) is 12.7. The molecule has 2 heterocycles. The Morgan fingerprint density at radius 3 is 2.74 bits per heavy atom. The van der Waals surface area contributed by atoms with Crippen LogP contribution in [0.1, 0.15) is 38.2 Å². The Kier molecular flexibility index (Phi) is 6.56. The number of guanidine groups is 1. The van der Waals surface area contributed by atoms with Crippen LogP contribution in [0.3, 0.4) is 0 Å². The highest BCUT2D eigenvalue weighted by molar-refractivity contribution is 14.0. The van der Waals surface area contributed by atoms with Gasteiger partial charge < -0.3 is 19.7 Å². The zero-order valence-electron chi connectivity index (χ0n) is 16.5. The van der Waals surface area contributed by atoms with Gasteiger partial charge in [0.25, 0.3) is 0 Å². The molecule has 27 heavy (non-hydrogen) atoms. The summed E-state index contributed by atoms with van der Waals surface area (Å²) in [4.78, 5) is 7.51. The Morgan fingerprint density at radius 2 is 2.07 bits per heavy atom. The second kappa shape index (κ2) is 8.55. The zero-order valence-corrected chi connectivity index (χ0v) is 18.8. The monoisotopic (exact) mass is 485 g/mol. The molecule has 1 aromatic carbocycles. The third-order valence-electron chi connectivity index (χ3n) is 6.32. The van der Waals surface area contributed by atoms with Gasteiger partial charge in [-0.25, -0.2) is 0 Å². The van der Waals surface area contributed by atoms with E-state index in [1.54, 1.807) is 7.11 Å². The van der Waals surface area contributed by atoms with Crippen molar-refractivity contribution >= 4 is 29.9 Å². The van der Waals surface area contributed by atoms with Gasteiger partial charge in [0, 0.05) is 42.6 Å². The number of nitrogens with one attached hydrogen (secondary N) is 1. The smallest absolute Gasteiger partial charge is 0.193 e. The summed E-state index contributed by atoms with van der Waals surface area (Å²) in [6.45, 7) is 7.85. The highest BCUT2D eigenvalue weighted by atomic mass is 127. The number of likely N-dealkylation sites (tertiary alicyclic amines) is 1. The number of hydrogen-bond acceptors (Lipinski definition) is 3. The first-order valence-corrected chi connectivity index (χ1v) is 9.95. The molecule has 3 aliphatic rings. The molecule has 1 unspecified atom stereocenters. The number of rotatable bonds is 5. The SMILES string of the molecule is CCNC(=NCC1(c2ccccc2OC)CC1)N1CCC2(CCOC2)C1.I. The van der Waals surface area contributed by atoms with Crippen LogP contribution in [0.4, 0.5) is 0 Å². The summed E-state index contributed by atoms with van der Waals surface area (Å²) in [6, 6.07) is 8.42. The van der Waals surface area contributed by atoms with Gasteiger partial charge in [0.15, 0.2) is 5.96 Å². The number of para-hydroxylation sites is 1. The van der Waals surface area contributed by atoms with Gasteiger partial charge in [-0.1, -0.05) is 18.2 Å². The summed E-state index contributed by atoms with van der Waals surface area (Å²) in [5, 5.41) is 3.52. The molecule has 1 atom stereocenters. The molecule has 1 N–H and O–H groups in total. The van der Waals surface area contributed by atoms with Gasteiger partial charge in [-0.3, -0.25) is 4.99 Å². The van der Waals surface area contributed by atoms with E-state index in [2.05, 4.69) is 35.3 Å². The molecule has 1 spiro atoms. The number of hydrogen-bond donors (Lipinski definition) is 1. The summed E-state index contributed by atoms with van der Waals surface area (Å²) in [6.07, 6.45) is 4.78. The Bertz CT molecular complexity index is 669. The normalized spacial score (nSPS) is 26.1. The van der Waals surface area contributed by atoms with Crippen LogP contribution in [-0.2, 0) is 10.2 Å². The minimum Gasteiger partial charge on any atom is -0.496 e. The molecule has 5 nitrogen and oxygen atoms in total. The van der Waals surface area contributed by atoms with E-state index in [9.17, 15) is 0 Å². The lowest BCUT2D eigenvalue weighted by Crippen LogP contribution is -2.42. The second-order valence-electron chi connectivity index (χ2n) is 8.12. The van der Waals surface area contributed by atoms with Crippen molar-refractivity contribution in [1.29, 1.82) is 0 Å². The van der Waals surface area contributed by atoms with Crippen molar-refractivity contribution in [2.45, 2.75) is 38.0 Å². The molecule has 2 saturated heterocycles. The number of benzene rings is 1. The maximum Gasteiger partial charge on any atom is 0.193 e. The fraction of sp³-hybridized carbons (Fsp3) is 0.667. The van der Waals surface area contributed by atoms with Crippen LogP contribution >= 0.6 is 24.0 Å². The predicted molar refractivity (Wildman–Crippen MR) is 119 cm³/mol. The second-order valence-corrected chi connectivity index (χ2v) is 8.12. The van der Waals surface area contributed by atoms with Crippen molar-refractivity contribution in [2.24, 2.45) is 10.4 Å². The van der Waals surface area contributed by atoms with E-state index in [4.69, 9.17) is 14.5 Å². The molecular weight excluding hydrogens is 453 g/mol. The Hall–Kier alpha value is -1.02. The van der Waals surface area contributed by atoms with E-state index >= 15 is 0 Å². The Morgan fingerprint density at radius 1 is 1.26 bits per heavy atom. The van der Waals surface area contributed by atoms with E-state index in [0.717, 1.165) is 51.1 Å². The van der Waals surface area contributed by atoms with Crippen molar-refractivity contribution in [3.05, 3.63) is 29.8 Å². The molecule has 6 heteroatoms. The molecule has 4 rings (SSSR count). The van der Waals surface area contributed by atoms with Gasteiger partial charge in [-0.15, -0.1) is 24.0 Å². The van der Waals surface area contributed by atoms with Crippen LogP contribution in [0, 0.1) is 5.41 Å². The number of aliphatic imine (C=N–C) groups is 1. The van der Waals surface area contributed by atoms with Gasteiger partial charge in [0.2, 0.25) is 0 Å². The topological polar surface area (TPSA) is 46.1 Å². The lowest BCUT2D eigenvalue weighted by Gasteiger charge is -2.25. The van der Waals surface area contributed by atoms with Gasteiger partial charge in [-0.05, 0) is 38.7 Å². The summed E-state index contributed by atoms with van der Waals surface area (Å²) in [7, 11) is 1.76. The minimum atomic E-state index is 0. The van der Waals surface area contributed by atoms with Crippen molar-refractivity contribution in [1.82, 2.24) is 10.2 Å². The van der Waals surface area contributed by atoms with Crippen molar-refractivity contribution in [3.8, 4) is 5.75 Å². The molecule has 0 bridgehead atoms. The molecule has 0 radical (unpaired) electrons. The summed E-state index contributed by atoms with van der Waals surface area (Å²) < 4.78 is 11.3. The van der Waals surface area contributed by atoms with Crippen molar-refractivity contribution in [3.63, 3.8) is 0 Å². The van der Waals surface area contributed by atoms with E-state index in [0.29, 0.717) is 5.41 Å². The minimum absolute atomic E-state index is 0. The highest BCUT2D eigenvalue weighted by Gasteiger charge is 2.46. The van der Waals surface area contributed by atoms with E-state index in [1.807, 2.05) is 6.07 Å². The summed E-state index contributed by atoms with van der Waals surface area (Å²) in [5.74, 6) is 2.06. The number of methoxy groups -OCH3 is 1. The molecule has 1 aromatic rings. The zero-order chi connectivity index (χ0) is 18.0. The van der Waals surface area contributed by atoms with E-state index in [-0.39, 0.29) is 29.4 Å². The van der Waals surface area contributed by atoms with Gasteiger partial charge in [0.05, 0.1) is 20.3 Å². The lowest BCUT2D eigenvalue weighted by molar-refractivity contribution is 0.156. The average Bonchev–Trinajstić information content (AvgIpc) is 3.13. The third kappa shape index (κ3) is 4.21. The van der Waals surface area contributed by atoms with E-state index < -0.39 is 0 Å². The van der Waals surface area contributed by atoms with Gasteiger partial charge >= 0.3 is 0 Å². The maximum atomic E-state index is 5.68. The fourth-order valence-corrected chi connectivity index (χ4v) is 4.49. The van der Waals surface area contributed by atoms with Crippen LogP contribution in [0.15, 0.2) is 29.3 Å². The highest BCUT2D eigenvalue weighted by Crippen LogP contribution is 2.51. The van der Waals surface area contributed by atoms with Crippen LogP contribution in [0.25, 0.3) is 0 Å². The molecule has 1 aliphatic carbocycles. The largest absolute Gasteiger partial charge is 0.496 e. The molecule has 1 saturated carbocycles.